The lowest BCUT2D eigenvalue weighted by Crippen LogP contribution is -2.49. The van der Waals surface area contributed by atoms with Crippen molar-refractivity contribution < 1.29 is 14.3 Å². The van der Waals surface area contributed by atoms with Crippen molar-refractivity contribution in [2.24, 2.45) is 5.92 Å². The zero-order valence-corrected chi connectivity index (χ0v) is 25.7. The number of amides is 2. The molecule has 2 saturated heterocycles. The average Bonchev–Trinajstić information content (AvgIpc) is 3.56. The largest absolute Gasteiger partial charge is 0.457 e. The van der Waals surface area contributed by atoms with Gasteiger partial charge in [-0.2, -0.15) is 0 Å². The minimum Gasteiger partial charge on any atom is -0.457 e. The predicted molar refractivity (Wildman–Crippen MR) is 165 cm³/mol. The van der Waals surface area contributed by atoms with Crippen LogP contribution in [0, 0.1) is 5.92 Å². The average molecular weight is 588 g/mol. The Hall–Kier alpha value is -3.30. The van der Waals surface area contributed by atoms with E-state index in [1.54, 1.807) is 11.3 Å². The zero-order valence-electron chi connectivity index (χ0n) is 24.8. The molecule has 1 aliphatic carbocycles. The number of piperidine rings is 1. The van der Waals surface area contributed by atoms with Gasteiger partial charge in [0.1, 0.15) is 21.5 Å². The van der Waals surface area contributed by atoms with Crippen molar-refractivity contribution in [2.75, 3.05) is 19.6 Å². The van der Waals surface area contributed by atoms with Crippen molar-refractivity contribution in [3.05, 3.63) is 58.6 Å². The Morgan fingerprint density at radius 1 is 1.07 bits per heavy atom. The molecule has 1 saturated carbocycles. The second-order valence-corrected chi connectivity index (χ2v) is 13.5. The van der Waals surface area contributed by atoms with Gasteiger partial charge >= 0.3 is 0 Å². The van der Waals surface area contributed by atoms with E-state index in [9.17, 15) is 9.59 Å². The molecule has 1 aromatic heterocycles. The quantitative estimate of drug-likeness (QED) is 0.319. The van der Waals surface area contributed by atoms with Gasteiger partial charge in [-0.3, -0.25) is 9.59 Å². The maximum absolute atomic E-state index is 13.3. The lowest BCUT2D eigenvalue weighted by molar-refractivity contribution is -0.128. The zero-order chi connectivity index (χ0) is 29.2. The monoisotopic (exact) mass is 587 g/mol. The number of likely N-dealkylation sites (tertiary alicyclic amines) is 2. The van der Waals surface area contributed by atoms with Crippen molar-refractivity contribution in [3.8, 4) is 22.1 Å². The number of aromatic nitrogens is 2. The standard InChI is InChI=1S/C33H41N5O3S/c1-21(2)32-35-36-33(42-32)23-9-11-28(12-10-23)41-29-18-24(7-8-25(29)20-38-19-22(3)17-30(38)39)31(40)34-26-13-15-37(16-14-26)27-5-4-6-27/h7-12,18,21-22,26-27H,4-6,13-17,19-20H2,1-3H3,(H,34,40). The number of benzene rings is 2. The summed E-state index contributed by atoms with van der Waals surface area (Å²) in [5.41, 5.74) is 2.45. The summed E-state index contributed by atoms with van der Waals surface area (Å²) in [6.07, 6.45) is 6.52. The second kappa shape index (κ2) is 12.5. The summed E-state index contributed by atoms with van der Waals surface area (Å²) < 4.78 is 6.40. The van der Waals surface area contributed by atoms with Crippen molar-refractivity contribution in [1.29, 1.82) is 0 Å². The first-order valence-electron chi connectivity index (χ1n) is 15.4. The van der Waals surface area contributed by atoms with E-state index in [2.05, 4.69) is 41.2 Å². The summed E-state index contributed by atoms with van der Waals surface area (Å²) in [4.78, 5) is 30.4. The summed E-state index contributed by atoms with van der Waals surface area (Å²) in [7, 11) is 0. The fourth-order valence-corrected chi connectivity index (χ4v) is 6.91. The molecular formula is C33H41N5O3S. The molecule has 0 bridgehead atoms. The molecule has 1 atom stereocenters. The van der Waals surface area contributed by atoms with Gasteiger partial charge in [-0.15, -0.1) is 10.2 Å². The number of nitrogens with one attached hydrogen (secondary N) is 1. The van der Waals surface area contributed by atoms with Crippen LogP contribution < -0.4 is 10.1 Å². The van der Waals surface area contributed by atoms with E-state index in [0.717, 1.165) is 59.7 Å². The van der Waals surface area contributed by atoms with Gasteiger partial charge in [0.05, 0.1) is 0 Å². The molecule has 3 heterocycles. The summed E-state index contributed by atoms with van der Waals surface area (Å²) in [6.45, 7) is 9.62. The Balaban J connectivity index is 1.17. The number of nitrogens with zero attached hydrogens (tertiary/aromatic N) is 4. The van der Waals surface area contributed by atoms with E-state index in [1.807, 2.05) is 47.4 Å². The first-order chi connectivity index (χ1) is 20.3. The van der Waals surface area contributed by atoms with E-state index >= 15 is 0 Å². The van der Waals surface area contributed by atoms with Crippen LogP contribution in [-0.4, -0.2) is 63.5 Å². The highest BCUT2D eigenvalue weighted by atomic mass is 32.1. The van der Waals surface area contributed by atoms with Gasteiger partial charge in [0.15, 0.2) is 0 Å². The molecule has 0 spiro atoms. The molecule has 8 nitrogen and oxygen atoms in total. The van der Waals surface area contributed by atoms with Crippen LogP contribution in [0.2, 0.25) is 0 Å². The van der Waals surface area contributed by atoms with Gasteiger partial charge < -0.3 is 19.9 Å². The molecule has 2 aromatic carbocycles. The molecule has 3 fully saturated rings. The van der Waals surface area contributed by atoms with Gasteiger partial charge in [-0.25, -0.2) is 0 Å². The van der Waals surface area contributed by atoms with Gasteiger partial charge in [0.25, 0.3) is 5.91 Å². The van der Waals surface area contributed by atoms with Crippen molar-refractivity contribution in [1.82, 2.24) is 25.3 Å². The Morgan fingerprint density at radius 3 is 2.45 bits per heavy atom. The highest BCUT2D eigenvalue weighted by molar-refractivity contribution is 7.14. The first kappa shape index (κ1) is 28.8. The third-order valence-corrected chi connectivity index (χ3v) is 10.1. The van der Waals surface area contributed by atoms with E-state index < -0.39 is 0 Å². The number of hydrogen-bond donors (Lipinski definition) is 1. The molecule has 2 amide bonds. The van der Waals surface area contributed by atoms with Crippen LogP contribution in [0.5, 0.6) is 11.5 Å². The van der Waals surface area contributed by atoms with Crippen LogP contribution in [0.4, 0.5) is 0 Å². The van der Waals surface area contributed by atoms with E-state index in [0.29, 0.717) is 41.9 Å². The first-order valence-corrected chi connectivity index (χ1v) is 16.2. The third-order valence-electron chi connectivity index (χ3n) is 8.82. The fraction of sp³-hybridized carbons (Fsp3) is 0.515. The Morgan fingerprint density at radius 2 is 1.83 bits per heavy atom. The molecule has 3 aliphatic rings. The number of hydrogen-bond acceptors (Lipinski definition) is 7. The second-order valence-electron chi connectivity index (χ2n) is 12.5. The van der Waals surface area contributed by atoms with Crippen LogP contribution in [0.15, 0.2) is 42.5 Å². The van der Waals surface area contributed by atoms with E-state index in [-0.39, 0.29) is 17.9 Å². The number of carbonyl (C=O) groups excluding carboxylic acids is 2. The Kier molecular flexibility index (Phi) is 8.58. The minimum absolute atomic E-state index is 0.0769. The lowest BCUT2D eigenvalue weighted by atomic mass is 9.89. The summed E-state index contributed by atoms with van der Waals surface area (Å²) in [5.74, 6) is 2.02. The Bertz CT molecular complexity index is 1410. The third kappa shape index (κ3) is 6.52. The molecule has 222 valence electrons. The molecule has 0 radical (unpaired) electrons. The molecule has 3 aromatic rings. The fourth-order valence-electron chi connectivity index (χ4n) is 6.06. The SMILES string of the molecule is CC1CC(=O)N(Cc2ccc(C(=O)NC3CCN(C4CCC4)CC3)cc2Oc2ccc(-c3nnc(C(C)C)s3)cc2)C1. The summed E-state index contributed by atoms with van der Waals surface area (Å²) in [6, 6.07) is 14.4. The molecule has 1 unspecified atom stereocenters. The van der Waals surface area contributed by atoms with Crippen LogP contribution in [0.3, 0.4) is 0 Å². The Labute approximate surface area is 252 Å². The lowest BCUT2D eigenvalue weighted by Gasteiger charge is -2.41. The molecule has 2 aliphatic heterocycles. The molecular weight excluding hydrogens is 546 g/mol. The van der Waals surface area contributed by atoms with Gasteiger partial charge in [-0.05, 0) is 68.0 Å². The smallest absolute Gasteiger partial charge is 0.251 e. The normalized spacial score (nSPS) is 20.2. The number of carbonyl (C=O) groups is 2. The topological polar surface area (TPSA) is 87.7 Å². The number of rotatable bonds is 9. The van der Waals surface area contributed by atoms with E-state index in [4.69, 9.17) is 4.74 Å². The highest BCUT2D eigenvalue weighted by Gasteiger charge is 2.30. The molecule has 6 rings (SSSR count). The maximum atomic E-state index is 13.3. The van der Waals surface area contributed by atoms with Crippen molar-refractivity contribution >= 4 is 23.2 Å². The van der Waals surface area contributed by atoms with Crippen LogP contribution >= 0.6 is 11.3 Å². The highest BCUT2D eigenvalue weighted by Crippen LogP contribution is 2.33. The van der Waals surface area contributed by atoms with Gasteiger partial charge in [0.2, 0.25) is 5.91 Å². The van der Waals surface area contributed by atoms with E-state index in [1.165, 1.54) is 19.3 Å². The predicted octanol–water partition coefficient (Wildman–Crippen LogP) is 6.24. The minimum atomic E-state index is -0.0769. The molecule has 9 heteroatoms. The number of ether oxygens (including phenoxy) is 1. The van der Waals surface area contributed by atoms with Gasteiger partial charge in [-0.1, -0.05) is 44.6 Å². The molecule has 42 heavy (non-hydrogen) atoms. The maximum Gasteiger partial charge on any atom is 0.251 e. The van der Waals surface area contributed by atoms with Crippen molar-refractivity contribution in [2.45, 2.75) is 83.8 Å². The van der Waals surface area contributed by atoms with Crippen LogP contribution in [0.1, 0.15) is 86.1 Å². The summed E-state index contributed by atoms with van der Waals surface area (Å²) in [5, 5.41) is 13.8. The van der Waals surface area contributed by atoms with Gasteiger partial charge in [0, 0.05) is 67.3 Å². The summed E-state index contributed by atoms with van der Waals surface area (Å²) >= 11 is 1.60. The van der Waals surface area contributed by atoms with Crippen LogP contribution in [0.25, 0.3) is 10.6 Å². The van der Waals surface area contributed by atoms with Crippen LogP contribution in [-0.2, 0) is 11.3 Å². The van der Waals surface area contributed by atoms with Crippen molar-refractivity contribution in [3.63, 3.8) is 0 Å². The molecule has 1 N–H and O–H groups in total.